The molecule has 0 radical (unpaired) electrons. The number of carbonyl (C=O) groups excluding carboxylic acids is 1. The molecule has 0 spiro atoms. The van der Waals surface area contributed by atoms with Gasteiger partial charge in [0.1, 0.15) is 0 Å². The van der Waals surface area contributed by atoms with Gasteiger partial charge in [-0.15, -0.1) is 5.10 Å². The molecule has 1 aromatic carbocycles. The molecule has 136 valence electrons. The maximum Gasteiger partial charge on any atom is 0.248 e. The van der Waals surface area contributed by atoms with Crippen LogP contribution < -0.4 is 5.73 Å². The molecule has 5 rings (SSSR count). The van der Waals surface area contributed by atoms with Gasteiger partial charge in [-0.25, -0.2) is 4.68 Å². The highest BCUT2D eigenvalue weighted by Gasteiger charge is 2.59. The molecular weight excluding hydrogens is 324 g/mol. The second-order valence-corrected chi connectivity index (χ2v) is 8.39. The molecule has 0 aliphatic heterocycles. The zero-order chi connectivity index (χ0) is 17.8. The Morgan fingerprint density at radius 1 is 1.27 bits per heavy atom. The van der Waals surface area contributed by atoms with E-state index in [4.69, 9.17) is 5.73 Å². The first-order chi connectivity index (χ1) is 12.7. The van der Waals surface area contributed by atoms with Crippen LogP contribution in [0.5, 0.6) is 0 Å². The van der Waals surface area contributed by atoms with Gasteiger partial charge in [0.25, 0.3) is 0 Å². The van der Waals surface area contributed by atoms with Crippen LogP contribution in [-0.2, 0) is 0 Å². The van der Waals surface area contributed by atoms with Gasteiger partial charge in [0.15, 0.2) is 0 Å². The standard InChI is InChI=1S/C21H26N4O/c1-2-14(15-5-3-4-6-16(15)21(22)26)20-17-9-13(10-18(17)20)25-11-19(23-24-25)12-7-8-12/h3-6,11-14,17-18,20H,2,7-10H2,1H3,(H2,22,26)/t13?,14-,17+,18+,20?/m0/s1. The zero-order valence-corrected chi connectivity index (χ0v) is 15.2. The van der Waals surface area contributed by atoms with Crippen LogP contribution in [0.25, 0.3) is 0 Å². The summed E-state index contributed by atoms with van der Waals surface area (Å²) in [5.41, 5.74) is 8.65. The third-order valence-electron chi connectivity index (χ3n) is 6.91. The van der Waals surface area contributed by atoms with Crippen LogP contribution in [0.15, 0.2) is 30.5 Å². The first-order valence-electron chi connectivity index (χ1n) is 9.97. The second-order valence-electron chi connectivity index (χ2n) is 8.39. The highest BCUT2D eigenvalue weighted by atomic mass is 16.1. The van der Waals surface area contributed by atoms with Crippen LogP contribution in [0.3, 0.4) is 0 Å². The Balaban J connectivity index is 1.30. The Kier molecular flexibility index (Phi) is 3.66. The Hall–Kier alpha value is -2.17. The SMILES string of the molecule is CC[C@@H](c1ccccc1C(N)=O)C1[C@@H]2CC(n3cc(C4CC4)nn3)C[C@@H]12. The van der Waals surface area contributed by atoms with Gasteiger partial charge in [0.05, 0.1) is 11.7 Å². The lowest BCUT2D eigenvalue weighted by molar-refractivity contribution is 0.0998. The Bertz CT molecular complexity index is 828. The van der Waals surface area contributed by atoms with Crippen LogP contribution in [0.4, 0.5) is 0 Å². The molecule has 1 aromatic heterocycles. The number of amides is 1. The topological polar surface area (TPSA) is 73.8 Å². The molecule has 1 amide bonds. The Morgan fingerprint density at radius 2 is 2.00 bits per heavy atom. The molecule has 0 unspecified atom stereocenters. The van der Waals surface area contributed by atoms with E-state index in [1.807, 2.05) is 18.2 Å². The highest BCUT2D eigenvalue weighted by Crippen LogP contribution is 2.66. The summed E-state index contributed by atoms with van der Waals surface area (Å²) in [5, 5.41) is 8.78. The molecule has 3 aliphatic rings. The molecule has 5 heteroatoms. The van der Waals surface area contributed by atoms with E-state index < -0.39 is 0 Å². The molecule has 0 bridgehead atoms. The summed E-state index contributed by atoms with van der Waals surface area (Å²) < 4.78 is 2.12. The van der Waals surface area contributed by atoms with E-state index in [9.17, 15) is 4.79 Å². The predicted octanol–water partition coefficient (Wildman–Crippen LogP) is 3.65. The number of benzene rings is 1. The van der Waals surface area contributed by atoms with E-state index in [-0.39, 0.29) is 5.91 Å². The molecule has 3 fully saturated rings. The lowest BCUT2D eigenvalue weighted by atomic mass is 9.84. The third kappa shape index (κ3) is 2.56. The lowest BCUT2D eigenvalue weighted by Gasteiger charge is -2.22. The average Bonchev–Trinajstić information content (AvgIpc) is 3.49. The van der Waals surface area contributed by atoms with Crippen molar-refractivity contribution in [1.29, 1.82) is 0 Å². The van der Waals surface area contributed by atoms with Gasteiger partial charge < -0.3 is 5.73 Å². The number of nitrogens with zero attached hydrogens (tertiary/aromatic N) is 3. The fourth-order valence-corrected chi connectivity index (χ4v) is 5.46. The average molecular weight is 350 g/mol. The first kappa shape index (κ1) is 16.0. The van der Waals surface area contributed by atoms with Gasteiger partial charge >= 0.3 is 0 Å². The van der Waals surface area contributed by atoms with Gasteiger partial charge in [0, 0.05) is 17.7 Å². The first-order valence-corrected chi connectivity index (χ1v) is 9.97. The predicted molar refractivity (Wildman–Crippen MR) is 98.7 cm³/mol. The van der Waals surface area contributed by atoms with Gasteiger partial charge in [0.2, 0.25) is 5.91 Å². The van der Waals surface area contributed by atoms with Gasteiger partial charge in [-0.1, -0.05) is 30.3 Å². The van der Waals surface area contributed by atoms with Crippen LogP contribution in [0.2, 0.25) is 0 Å². The fraction of sp³-hybridized carbons (Fsp3) is 0.571. The van der Waals surface area contributed by atoms with Crippen molar-refractivity contribution in [3.63, 3.8) is 0 Å². The van der Waals surface area contributed by atoms with Crippen LogP contribution in [0, 0.1) is 17.8 Å². The number of fused-ring (bicyclic) bond motifs is 1. The third-order valence-corrected chi connectivity index (χ3v) is 6.91. The number of nitrogens with two attached hydrogens (primary N) is 1. The molecule has 3 saturated carbocycles. The summed E-state index contributed by atoms with van der Waals surface area (Å²) in [6.45, 7) is 2.23. The monoisotopic (exact) mass is 350 g/mol. The Morgan fingerprint density at radius 3 is 2.65 bits per heavy atom. The molecule has 1 heterocycles. The van der Waals surface area contributed by atoms with E-state index in [0.29, 0.717) is 29.4 Å². The summed E-state index contributed by atoms with van der Waals surface area (Å²) >= 11 is 0. The van der Waals surface area contributed by atoms with Gasteiger partial charge in [-0.05, 0) is 67.4 Å². The molecule has 0 saturated heterocycles. The van der Waals surface area contributed by atoms with Crippen molar-refractivity contribution in [1.82, 2.24) is 15.0 Å². The molecular formula is C21H26N4O. The van der Waals surface area contributed by atoms with Crippen molar-refractivity contribution >= 4 is 5.91 Å². The van der Waals surface area contributed by atoms with Crippen molar-refractivity contribution in [2.45, 2.75) is 56.9 Å². The molecule has 5 nitrogen and oxygen atoms in total. The molecule has 3 atom stereocenters. The summed E-state index contributed by atoms with van der Waals surface area (Å²) in [6, 6.07) is 8.41. The quantitative estimate of drug-likeness (QED) is 0.864. The molecule has 3 aliphatic carbocycles. The van der Waals surface area contributed by atoms with Crippen molar-refractivity contribution in [3.8, 4) is 0 Å². The summed E-state index contributed by atoms with van der Waals surface area (Å²) in [7, 11) is 0. The van der Waals surface area contributed by atoms with E-state index in [1.165, 1.54) is 31.4 Å². The minimum Gasteiger partial charge on any atom is -0.366 e. The summed E-state index contributed by atoms with van der Waals surface area (Å²) in [6.07, 6.45) is 8.17. The Labute approximate surface area is 154 Å². The normalized spacial score (nSPS) is 28.7. The van der Waals surface area contributed by atoms with E-state index in [2.05, 4.69) is 34.2 Å². The van der Waals surface area contributed by atoms with Gasteiger partial charge in [-0.2, -0.15) is 0 Å². The molecule has 2 N–H and O–H groups in total. The number of primary amides is 1. The number of aromatic nitrogens is 3. The van der Waals surface area contributed by atoms with Crippen molar-refractivity contribution < 1.29 is 4.79 Å². The van der Waals surface area contributed by atoms with Gasteiger partial charge in [-0.3, -0.25) is 4.79 Å². The maximum atomic E-state index is 11.8. The molecule has 26 heavy (non-hydrogen) atoms. The largest absolute Gasteiger partial charge is 0.366 e. The smallest absolute Gasteiger partial charge is 0.248 e. The molecule has 2 aromatic rings. The van der Waals surface area contributed by atoms with E-state index in [0.717, 1.165) is 23.8 Å². The van der Waals surface area contributed by atoms with E-state index in [1.54, 1.807) is 0 Å². The minimum atomic E-state index is -0.307. The fourth-order valence-electron chi connectivity index (χ4n) is 5.46. The minimum absolute atomic E-state index is 0.307. The zero-order valence-electron chi connectivity index (χ0n) is 15.2. The second kappa shape index (κ2) is 5.93. The highest BCUT2D eigenvalue weighted by molar-refractivity contribution is 5.94. The van der Waals surface area contributed by atoms with Crippen LogP contribution >= 0.6 is 0 Å². The van der Waals surface area contributed by atoms with Crippen molar-refractivity contribution in [3.05, 3.63) is 47.3 Å². The maximum absolute atomic E-state index is 11.8. The number of carbonyl (C=O) groups is 1. The van der Waals surface area contributed by atoms with Crippen LogP contribution in [0.1, 0.15) is 78.5 Å². The van der Waals surface area contributed by atoms with Crippen LogP contribution in [-0.4, -0.2) is 20.9 Å². The lowest BCUT2D eigenvalue weighted by Crippen LogP contribution is -2.18. The van der Waals surface area contributed by atoms with Crippen molar-refractivity contribution in [2.75, 3.05) is 0 Å². The van der Waals surface area contributed by atoms with Crippen molar-refractivity contribution in [2.24, 2.45) is 23.5 Å². The number of hydrogen-bond donors (Lipinski definition) is 1. The summed E-state index contributed by atoms with van der Waals surface area (Å²) in [5.74, 6) is 2.98. The number of rotatable bonds is 6. The van der Waals surface area contributed by atoms with E-state index >= 15 is 0 Å². The summed E-state index contributed by atoms with van der Waals surface area (Å²) in [4.78, 5) is 11.8. The number of hydrogen-bond acceptors (Lipinski definition) is 3.